The zero-order chi connectivity index (χ0) is 22.0. The van der Waals surface area contributed by atoms with Crippen molar-refractivity contribution in [1.29, 1.82) is 0 Å². The number of hydrogen-bond acceptors (Lipinski definition) is 6. The zero-order valence-corrected chi connectivity index (χ0v) is 18.8. The molecule has 0 amide bonds. The highest BCUT2D eigenvalue weighted by molar-refractivity contribution is 7.89. The second kappa shape index (κ2) is 8.64. The van der Waals surface area contributed by atoms with Gasteiger partial charge < -0.3 is 9.64 Å². The summed E-state index contributed by atoms with van der Waals surface area (Å²) < 4.78 is 32.9. The summed E-state index contributed by atoms with van der Waals surface area (Å²) in [4.78, 5) is 2.43. The van der Waals surface area contributed by atoms with Crippen molar-refractivity contribution in [3.8, 4) is 17.0 Å². The molecule has 8 heteroatoms. The fourth-order valence-electron chi connectivity index (χ4n) is 3.82. The molecule has 2 heterocycles. The Morgan fingerprint density at radius 1 is 0.871 bits per heavy atom. The minimum Gasteiger partial charge on any atom is -0.497 e. The van der Waals surface area contributed by atoms with Crippen LogP contribution in [0.2, 0.25) is 0 Å². The summed E-state index contributed by atoms with van der Waals surface area (Å²) in [6.07, 6.45) is 0. The quantitative estimate of drug-likeness (QED) is 0.609. The molecule has 4 rings (SSSR count). The van der Waals surface area contributed by atoms with Crippen LogP contribution in [0, 0.1) is 13.8 Å². The third-order valence-corrected chi connectivity index (χ3v) is 7.29. The maximum atomic E-state index is 13.1. The molecule has 0 unspecified atom stereocenters. The summed E-state index contributed by atoms with van der Waals surface area (Å²) in [6.45, 7) is 5.79. The van der Waals surface area contributed by atoms with E-state index in [2.05, 4.69) is 15.1 Å². The summed E-state index contributed by atoms with van der Waals surface area (Å²) in [5.74, 6) is 1.51. The molecule has 7 nitrogen and oxygen atoms in total. The number of methoxy groups -OCH3 is 1. The number of aryl methyl sites for hydroxylation is 2. The van der Waals surface area contributed by atoms with Crippen LogP contribution in [-0.4, -0.2) is 56.2 Å². The number of piperazine rings is 1. The third-order valence-electron chi connectivity index (χ3n) is 5.41. The van der Waals surface area contributed by atoms with Crippen LogP contribution in [0.1, 0.15) is 11.1 Å². The van der Waals surface area contributed by atoms with Crippen LogP contribution in [0.4, 0.5) is 5.82 Å². The van der Waals surface area contributed by atoms with Crippen molar-refractivity contribution in [1.82, 2.24) is 14.5 Å². The van der Waals surface area contributed by atoms with Gasteiger partial charge in [-0.1, -0.05) is 18.2 Å². The maximum Gasteiger partial charge on any atom is 0.243 e. The van der Waals surface area contributed by atoms with Crippen LogP contribution in [0.5, 0.6) is 5.75 Å². The Morgan fingerprint density at radius 2 is 1.58 bits per heavy atom. The van der Waals surface area contributed by atoms with Gasteiger partial charge in [0.15, 0.2) is 5.82 Å². The van der Waals surface area contributed by atoms with Crippen LogP contribution < -0.4 is 9.64 Å². The molecular weight excluding hydrogens is 412 g/mol. The van der Waals surface area contributed by atoms with Crippen LogP contribution in [0.15, 0.2) is 59.5 Å². The Kier molecular flexibility index (Phi) is 5.93. The maximum absolute atomic E-state index is 13.1. The summed E-state index contributed by atoms with van der Waals surface area (Å²) >= 11 is 0. The molecule has 3 aromatic rings. The molecule has 0 bridgehead atoms. The van der Waals surface area contributed by atoms with Gasteiger partial charge in [-0.2, -0.15) is 4.31 Å². The molecule has 0 atom stereocenters. The number of aromatic nitrogens is 2. The molecule has 31 heavy (non-hydrogen) atoms. The van der Waals surface area contributed by atoms with Crippen molar-refractivity contribution in [2.24, 2.45) is 0 Å². The van der Waals surface area contributed by atoms with Gasteiger partial charge in [-0.05, 0) is 61.4 Å². The summed E-state index contributed by atoms with van der Waals surface area (Å²) in [7, 11) is -1.87. The van der Waals surface area contributed by atoms with Crippen LogP contribution in [-0.2, 0) is 10.0 Å². The molecule has 1 fully saturated rings. The number of benzene rings is 2. The number of ether oxygens (including phenoxy) is 1. The Hall–Kier alpha value is -2.97. The van der Waals surface area contributed by atoms with Crippen molar-refractivity contribution in [2.75, 3.05) is 38.2 Å². The van der Waals surface area contributed by atoms with E-state index >= 15 is 0 Å². The smallest absolute Gasteiger partial charge is 0.243 e. The van der Waals surface area contributed by atoms with E-state index < -0.39 is 10.0 Å². The zero-order valence-electron chi connectivity index (χ0n) is 17.9. The first kappa shape index (κ1) is 21.3. The predicted octanol–water partition coefficient (Wildman–Crippen LogP) is 3.28. The van der Waals surface area contributed by atoms with Gasteiger partial charge in [0.1, 0.15) is 5.75 Å². The summed E-state index contributed by atoms with van der Waals surface area (Å²) in [5, 5.41) is 8.73. The fourth-order valence-corrected chi connectivity index (χ4v) is 5.43. The lowest BCUT2D eigenvalue weighted by Gasteiger charge is -2.34. The number of anilines is 1. The van der Waals surface area contributed by atoms with E-state index in [-0.39, 0.29) is 0 Å². The van der Waals surface area contributed by atoms with Gasteiger partial charge in [0.2, 0.25) is 10.0 Å². The molecule has 2 aromatic carbocycles. The Bertz CT molecular complexity index is 1150. The second-order valence-electron chi connectivity index (χ2n) is 7.72. The predicted molar refractivity (Wildman–Crippen MR) is 121 cm³/mol. The molecule has 1 aliphatic rings. The van der Waals surface area contributed by atoms with Crippen molar-refractivity contribution < 1.29 is 13.2 Å². The number of hydrogen-bond donors (Lipinski definition) is 0. The van der Waals surface area contributed by atoms with Gasteiger partial charge >= 0.3 is 0 Å². The topological polar surface area (TPSA) is 75.6 Å². The monoisotopic (exact) mass is 438 g/mol. The number of rotatable bonds is 5. The average molecular weight is 439 g/mol. The van der Waals surface area contributed by atoms with E-state index in [1.165, 1.54) is 0 Å². The largest absolute Gasteiger partial charge is 0.497 e. The number of sulfonamides is 1. The van der Waals surface area contributed by atoms with Gasteiger partial charge in [0, 0.05) is 31.7 Å². The van der Waals surface area contributed by atoms with E-state index in [9.17, 15) is 8.42 Å². The minimum atomic E-state index is -3.50. The van der Waals surface area contributed by atoms with E-state index in [1.807, 2.05) is 56.3 Å². The number of nitrogens with zero attached hydrogens (tertiary/aromatic N) is 4. The average Bonchev–Trinajstić information content (AvgIpc) is 2.79. The fraction of sp³-hybridized carbons (Fsp3) is 0.304. The highest BCUT2D eigenvalue weighted by atomic mass is 32.2. The van der Waals surface area contributed by atoms with Crippen molar-refractivity contribution in [2.45, 2.75) is 18.7 Å². The summed E-state index contributed by atoms with van der Waals surface area (Å²) in [5.41, 5.74) is 3.59. The second-order valence-corrected chi connectivity index (χ2v) is 9.66. The molecule has 0 spiro atoms. The van der Waals surface area contributed by atoms with Crippen molar-refractivity contribution >= 4 is 15.8 Å². The highest BCUT2D eigenvalue weighted by Crippen LogP contribution is 2.24. The van der Waals surface area contributed by atoms with Gasteiger partial charge in [-0.3, -0.25) is 0 Å². The van der Waals surface area contributed by atoms with E-state index in [0.717, 1.165) is 34.0 Å². The molecule has 0 saturated carbocycles. The molecule has 1 aliphatic heterocycles. The summed E-state index contributed by atoms with van der Waals surface area (Å²) in [6, 6.07) is 17.0. The molecule has 1 saturated heterocycles. The van der Waals surface area contributed by atoms with E-state index in [0.29, 0.717) is 31.1 Å². The van der Waals surface area contributed by atoms with Gasteiger partial charge in [0.25, 0.3) is 0 Å². The SMILES string of the molecule is COc1cccc(-c2ccc(N3CCN(S(=O)(=O)c4cc(C)cc(C)c4)CC3)nn2)c1. The minimum absolute atomic E-state index is 0.362. The molecular formula is C23H26N4O3S. The molecule has 0 N–H and O–H groups in total. The molecule has 1 aromatic heterocycles. The molecule has 0 radical (unpaired) electrons. The molecule has 0 aliphatic carbocycles. The first-order valence-corrected chi connectivity index (χ1v) is 11.6. The van der Waals surface area contributed by atoms with Gasteiger partial charge in [-0.15, -0.1) is 10.2 Å². The van der Waals surface area contributed by atoms with E-state index in [1.54, 1.807) is 23.5 Å². The van der Waals surface area contributed by atoms with Crippen LogP contribution in [0.3, 0.4) is 0 Å². The van der Waals surface area contributed by atoms with Gasteiger partial charge in [-0.25, -0.2) is 8.42 Å². The standard InChI is InChI=1S/C23H26N4O3S/c1-17-13-18(2)15-21(14-17)31(28,29)27-11-9-26(10-12-27)23-8-7-22(24-25-23)19-5-4-6-20(16-19)30-3/h4-8,13-16H,9-12H2,1-3H3. The Morgan fingerprint density at radius 3 is 2.19 bits per heavy atom. The first-order chi connectivity index (χ1) is 14.9. The van der Waals surface area contributed by atoms with Crippen LogP contribution in [0.25, 0.3) is 11.3 Å². The first-order valence-electron chi connectivity index (χ1n) is 10.2. The van der Waals surface area contributed by atoms with Crippen molar-refractivity contribution in [3.63, 3.8) is 0 Å². The highest BCUT2D eigenvalue weighted by Gasteiger charge is 2.29. The van der Waals surface area contributed by atoms with Crippen molar-refractivity contribution in [3.05, 3.63) is 65.7 Å². The normalized spacial score (nSPS) is 15.1. The Labute approximate surface area is 183 Å². The lowest BCUT2D eigenvalue weighted by atomic mass is 10.1. The third kappa shape index (κ3) is 4.55. The lowest BCUT2D eigenvalue weighted by molar-refractivity contribution is 0.383. The lowest BCUT2D eigenvalue weighted by Crippen LogP contribution is -2.49. The van der Waals surface area contributed by atoms with Crippen LogP contribution >= 0.6 is 0 Å². The molecule has 162 valence electrons. The van der Waals surface area contributed by atoms with E-state index in [4.69, 9.17) is 4.74 Å². The Balaban J connectivity index is 1.45. The van der Waals surface area contributed by atoms with Gasteiger partial charge in [0.05, 0.1) is 17.7 Å².